The van der Waals surface area contributed by atoms with Crippen LogP contribution in [0.4, 0.5) is 4.39 Å². The van der Waals surface area contributed by atoms with Crippen LogP contribution in [0.3, 0.4) is 0 Å². The summed E-state index contributed by atoms with van der Waals surface area (Å²) in [4.78, 5) is 14.7. The van der Waals surface area contributed by atoms with Crippen molar-refractivity contribution in [3.63, 3.8) is 0 Å². The van der Waals surface area contributed by atoms with Crippen LogP contribution in [-0.2, 0) is 15.3 Å². The number of rotatable bonds is 6. The molecule has 0 bridgehead atoms. The highest BCUT2D eigenvalue weighted by molar-refractivity contribution is 7.17. The highest BCUT2D eigenvalue weighted by Crippen LogP contribution is 2.40. The van der Waals surface area contributed by atoms with Crippen molar-refractivity contribution in [3.05, 3.63) is 82.0 Å². The molecule has 2 heterocycles. The zero-order chi connectivity index (χ0) is 24.6. The maximum atomic E-state index is 13.4. The fourth-order valence-electron chi connectivity index (χ4n) is 4.11. The highest BCUT2D eigenvalue weighted by atomic mass is 32.1. The van der Waals surface area contributed by atoms with Crippen LogP contribution in [0.15, 0.2) is 54.6 Å². The Balaban J connectivity index is 1.71. The molecule has 4 N–H and O–H groups in total. The molecule has 5 unspecified atom stereocenters. The van der Waals surface area contributed by atoms with Crippen molar-refractivity contribution < 1.29 is 39.1 Å². The maximum Gasteiger partial charge on any atom is 0.224 e. The Kier molecular flexibility index (Phi) is 6.97. The molecule has 1 aliphatic heterocycles. The third-order valence-electron chi connectivity index (χ3n) is 6.10. The lowest BCUT2D eigenvalue weighted by Crippen LogP contribution is -2.64. The summed E-state index contributed by atoms with van der Waals surface area (Å²) in [6, 6.07) is 14.3. The van der Waals surface area contributed by atoms with Crippen molar-refractivity contribution in [2.45, 2.75) is 37.1 Å². The number of aliphatic hydroxyl groups excluding tert-OH is 4. The summed E-state index contributed by atoms with van der Waals surface area (Å²) in [5.41, 5.74) is 2.03. The molecule has 0 aliphatic carbocycles. The second-order valence-corrected chi connectivity index (χ2v) is 9.25. The van der Waals surface area contributed by atoms with Crippen LogP contribution in [0, 0.1) is 12.7 Å². The third-order valence-corrected chi connectivity index (χ3v) is 7.23. The molecule has 3 aromatic rings. The van der Waals surface area contributed by atoms with Gasteiger partial charge in [-0.2, -0.15) is 0 Å². The molecule has 1 fully saturated rings. The zero-order valence-electron chi connectivity index (χ0n) is 18.5. The molecule has 9 heteroatoms. The van der Waals surface area contributed by atoms with E-state index in [-0.39, 0.29) is 17.2 Å². The van der Waals surface area contributed by atoms with Crippen molar-refractivity contribution in [2.75, 3.05) is 13.7 Å². The predicted octanol–water partition coefficient (Wildman–Crippen LogP) is 2.37. The first-order valence-electron chi connectivity index (χ1n) is 10.6. The summed E-state index contributed by atoms with van der Waals surface area (Å²) >= 11 is 1.27. The van der Waals surface area contributed by atoms with Gasteiger partial charge in [0.2, 0.25) is 11.6 Å². The molecule has 7 nitrogen and oxygen atoms in total. The van der Waals surface area contributed by atoms with E-state index in [2.05, 4.69) is 0 Å². The molecule has 1 aromatic heterocycles. The van der Waals surface area contributed by atoms with Crippen LogP contribution in [-0.4, -0.2) is 64.3 Å². The Morgan fingerprint density at radius 2 is 1.79 bits per heavy atom. The van der Waals surface area contributed by atoms with E-state index in [4.69, 9.17) is 9.47 Å². The first-order chi connectivity index (χ1) is 16.2. The van der Waals surface area contributed by atoms with Gasteiger partial charge in [0.1, 0.15) is 30.2 Å². The number of thiophene rings is 1. The van der Waals surface area contributed by atoms with E-state index >= 15 is 0 Å². The molecule has 34 heavy (non-hydrogen) atoms. The molecule has 2 aromatic carbocycles. The molecular weight excluding hydrogens is 463 g/mol. The summed E-state index contributed by atoms with van der Waals surface area (Å²) in [7, 11) is 1.26. The monoisotopic (exact) mass is 488 g/mol. The van der Waals surface area contributed by atoms with Gasteiger partial charge in [-0.15, -0.1) is 11.3 Å². The number of aryl methyl sites for hydroxylation is 1. The zero-order valence-corrected chi connectivity index (χ0v) is 19.3. The molecule has 0 radical (unpaired) electrons. The molecular formula is C25H25FO7S. The van der Waals surface area contributed by atoms with Gasteiger partial charge in [-0.25, -0.2) is 4.39 Å². The average Bonchev–Trinajstić information content (AvgIpc) is 3.34. The van der Waals surface area contributed by atoms with Gasteiger partial charge < -0.3 is 29.9 Å². The lowest BCUT2D eigenvalue weighted by molar-refractivity contribution is -0.366. The first-order valence-corrected chi connectivity index (χ1v) is 11.4. The van der Waals surface area contributed by atoms with Crippen molar-refractivity contribution in [1.29, 1.82) is 0 Å². The van der Waals surface area contributed by atoms with Gasteiger partial charge in [0.15, 0.2) is 0 Å². The summed E-state index contributed by atoms with van der Waals surface area (Å²) in [6.45, 7) is 1.15. The molecule has 5 atom stereocenters. The van der Waals surface area contributed by atoms with E-state index < -0.39 is 36.8 Å². The number of hydrogen-bond acceptors (Lipinski definition) is 8. The number of methoxy groups -OCH3 is 1. The molecule has 4 rings (SSSR count). The van der Waals surface area contributed by atoms with Crippen LogP contribution in [0.2, 0.25) is 0 Å². The summed E-state index contributed by atoms with van der Waals surface area (Å²) in [6.07, 6.45) is -6.07. The fraction of sp³-hybridized carbons (Fsp3) is 0.320. The van der Waals surface area contributed by atoms with Gasteiger partial charge in [-0.1, -0.05) is 24.3 Å². The summed E-state index contributed by atoms with van der Waals surface area (Å²) < 4.78 is 24.5. The van der Waals surface area contributed by atoms with E-state index in [9.17, 15) is 29.6 Å². The normalized spacial score (nSPS) is 27.0. The van der Waals surface area contributed by atoms with Crippen molar-refractivity contribution in [1.82, 2.24) is 0 Å². The van der Waals surface area contributed by atoms with Gasteiger partial charge in [0.25, 0.3) is 0 Å². The SMILES string of the molecule is COC1(c2ccc(C)c(C(=O)c3ccc(-c4ccc(F)cc4)s3)c2)OC(CO)C(O)C(O)C1O. The number of carbonyl (C=O) groups excluding carboxylic acids is 1. The summed E-state index contributed by atoms with van der Waals surface area (Å²) in [5, 5.41) is 40.8. The Morgan fingerprint density at radius 1 is 1.09 bits per heavy atom. The standard InChI is InChI=1S/C25H25FO7S/c1-13-3-6-15(25(32-2)24(31)23(30)22(29)18(12-27)33-25)11-17(13)21(28)20-10-9-19(34-20)14-4-7-16(26)8-5-14/h3-11,18,22-24,27,29-31H,12H2,1-2H3. The Labute approximate surface area is 199 Å². The topological polar surface area (TPSA) is 116 Å². The minimum atomic E-state index is -1.91. The second kappa shape index (κ2) is 9.63. The Hall–Kier alpha value is -2.50. The Morgan fingerprint density at radius 3 is 2.44 bits per heavy atom. The van der Waals surface area contributed by atoms with E-state index in [1.165, 1.54) is 36.6 Å². The minimum Gasteiger partial charge on any atom is -0.394 e. The molecule has 0 spiro atoms. The third kappa shape index (κ3) is 4.20. The number of benzene rings is 2. The molecule has 180 valence electrons. The van der Waals surface area contributed by atoms with E-state index in [0.717, 1.165) is 10.4 Å². The molecule has 1 saturated heterocycles. The largest absolute Gasteiger partial charge is 0.394 e. The molecule has 1 aliphatic rings. The fourth-order valence-corrected chi connectivity index (χ4v) is 5.08. The van der Waals surface area contributed by atoms with Crippen molar-refractivity contribution in [3.8, 4) is 10.4 Å². The number of hydrogen-bond donors (Lipinski definition) is 4. The van der Waals surface area contributed by atoms with Gasteiger partial charge in [0, 0.05) is 23.1 Å². The highest BCUT2D eigenvalue weighted by Gasteiger charge is 2.55. The smallest absolute Gasteiger partial charge is 0.224 e. The number of halogens is 1. The second-order valence-electron chi connectivity index (χ2n) is 8.17. The minimum absolute atomic E-state index is 0.246. The van der Waals surface area contributed by atoms with E-state index in [0.29, 0.717) is 16.0 Å². The van der Waals surface area contributed by atoms with Crippen LogP contribution >= 0.6 is 11.3 Å². The summed E-state index contributed by atoms with van der Waals surface area (Å²) in [5.74, 6) is -2.53. The molecule has 0 saturated carbocycles. The number of carbonyl (C=O) groups is 1. The maximum absolute atomic E-state index is 13.4. The quantitative estimate of drug-likeness (QED) is 0.394. The molecule has 0 amide bonds. The lowest BCUT2D eigenvalue weighted by Gasteiger charge is -2.47. The van der Waals surface area contributed by atoms with Crippen LogP contribution in [0.1, 0.15) is 26.4 Å². The Bertz CT molecular complexity index is 1180. The van der Waals surface area contributed by atoms with Crippen LogP contribution in [0.25, 0.3) is 10.4 Å². The number of aliphatic hydroxyl groups is 4. The van der Waals surface area contributed by atoms with E-state index in [1.807, 2.05) is 0 Å². The van der Waals surface area contributed by atoms with Gasteiger partial charge in [0.05, 0.1) is 11.5 Å². The number of ether oxygens (including phenoxy) is 2. The van der Waals surface area contributed by atoms with Gasteiger partial charge >= 0.3 is 0 Å². The van der Waals surface area contributed by atoms with Gasteiger partial charge in [-0.3, -0.25) is 4.79 Å². The average molecular weight is 489 g/mol. The van der Waals surface area contributed by atoms with Crippen LogP contribution in [0.5, 0.6) is 0 Å². The van der Waals surface area contributed by atoms with Crippen molar-refractivity contribution >= 4 is 17.1 Å². The lowest BCUT2D eigenvalue weighted by atomic mass is 9.86. The number of ketones is 1. The first kappa shape index (κ1) is 24.6. The van der Waals surface area contributed by atoms with E-state index in [1.54, 1.807) is 43.3 Å². The van der Waals surface area contributed by atoms with Crippen LogP contribution < -0.4 is 0 Å². The predicted molar refractivity (Wildman–Crippen MR) is 123 cm³/mol. The van der Waals surface area contributed by atoms with Crippen molar-refractivity contribution in [2.24, 2.45) is 0 Å². The van der Waals surface area contributed by atoms with Gasteiger partial charge in [-0.05, 0) is 48.4 Å².